The quantitative estimate of drug-likeness (QED) is 0.185. The van der Waals surface area contributed by atoms with E-state index in [1.54, 1.807) is 0 Å². The number of rotatable bonds is 4. The molecular formula is C49H34N2. The lowest BCUT2D eigenvalue weighted by Crippen LogP contribution is -2.25. The van der Waals surface area contributed by atoms with Gasteiger partial charge in [0.2, 0.25) is 0 Å². The van der Waals surface area contributed by atoms with E-state index in [0.29, 0.717) is 0 Å². The summed E-state index contributed by atoms with van der Waals surface area (Å²) in [6, 6.07) is 61.2. The molecule has 2 aliphatic rings. The van der Waals surface area contributed by atoms with E-state index < -0.39 is 0 Å². The summed E-state index contributed by atoms with van der Waals surface area (Å²) >= 11 is 0. The van der Waals surface area contributed by atoms with E-state index in [1.165, 1.54) is 77.2 Å². The average molecular weight is 651 g/mol. The largest absolute Gasteiger partial charge is 0.296 e. The van der Waals surface area contributed by atoms with Gasteiger partial charge in [0.25, 0.3) is 0 Å². The fourth-order valence-corrected chi connectivity index (χ4v) is 9.41. The first-order valence-electron chi connectivity index (χ1n) is 18.1. The summed E-state index contributed by atoms with van der Waals surface area (Å²) in [6.45, 7) is 2.22. The maximum atomic E-state index is 5.02. The minimum absolute atomic E-state index is 0.385. The summed E-state index contributed by atoms with van der Waals surface area (Å²) in [5.41, 5.74) is 16.3. The number of imidazole rings is 1. The molecular weight excluding hydrogens is 617 g/mol. The monoisotopic (exact) mass is 650 g/mol. The molecule has 0 radical (unpaired) electrons. The van der Waals surface area contributed by atoms with Crippen molar-refractivity contribution in [1.29, 1.82) is 0 Å². The van der Waals surface area contributed by atoms with Gasteiger partial charge in [0.05, 0.1) is 16.4 Å². The number of aryl methyl sites for hydroxylation is 1. The maximum Gasteiger partial charge on any atom is 0.114 e. The summed E-state index contributed by atoms with van der Waals surface area (Å²) in [5.74, 6) is 1.11. The minimum Gasteiger partial charge on any atom is -0.296 e. The predicted octanol–water partition coefficient (Wildman–Crippen LogP) is 12.3. The lowest BCUT2D eigenvalue weighted by Gasteiger charge is -2.30. The number of hydrogen-bond donors (Lipinski definition) is 0. The second-order valence-corrected chi connectivity index (χ2v) is 14.2. The Kier molecular flexibility index (Phi) is 5.95. The Bertz CT molecular complexity index is 2840. The highest BCUT2D eigenvalue weighted by Gasteiger charge is 2.52. The predicted molar refractivity (Wildman–Crippen MR) is 212 cm³/mol. The molecule has 0 aliphatic heterocycles. The van der Waals surface area contributed by atoms with Crippen LogP contribution in [0.25, 0.3) is 71.6 Å². The van der Waals surface area contributed by atoms with Crippen molar-refractivity contribution < 1.29 is 0 Å². The van der Waals surface area contributed by atoms with Crippen LogP contribution >= 0.6 is 0 Å². The van der Waals surface area contributed by atoms with Gasteiger partial charge in [-0.25, -0.2) is 4.98 Å². The lowest BCUT2D eigenvalue weighted by atomic mass is 9.70. The molecule has 11 rings (SSSR count). The molecule has 0 unspecified atom stereocenters. The average Bonchev–Trinajstić information content (AvgIpc) is 3.80. The van der Waals surface area contributed by atoms with Crippen LogP contribution in [0.2, 0.25) is 0 Å². The summed E-state index contributed by atoms with van der Waals surface area (Å²) in [6.07, 6.45) is 1.99. The molecule has 0 N–H and O–H groups in total. The smallest absolute Gasteiger partial charge is 0.114 e. The van der Waals surface area contributed by atoms with E-state index in [9.17, 15) is 0 Å². The van der Waals surface area contributed by atoms with Crippen molar-refractivity contribution in [2.45, 2.75) is 25.2 Å². The van der Waals surface area contributed by atoms with Gasteiger partial charge < -0.3 is 0 Å². The van der Waals surface area contributed by atoms with E-state index in [4.69, 9.17) is 4.98 Å². The molecule has 2 nitrogen and oxygen atoms in total. The van der Waals surface area contributed by atoms with E-state index in [2.05, 4.69) is 175 Å². The van der Waals surface area contributed by atoms with Gasteiger partial charge in [-0.1, -0.05) is 128 Å². The number of para-hydroxylation sites is 2. The van der Waals surface area contributed by atoms with Gasteiger partial charge in [-0.3, -0.25) is 4.57 Å². The zero-order valence-corrected chi connectivity index (χ0v) is 28.4. The van der Waals surface area contributed by atoms with Crippen molar-refractivity contribution in [2.24, 2.45) is 0 Å². The van der Waals surface area contributed by atoms with Gasteiger partial charge in [0.15, 0.2) is 0 Å². The second kappa shape index (κ2) is 10.6. The van der Waals surface area contributed by atoms with E-state index in [1.807, 2.05) is 0 Å². The Morgan fingerprint density at radius 2 is 1.24 bits per heavy atom. The molecule has 0 saturated heterocycles. The zero-order valence-electron chi connectivity index (χ0n) is 28.4. The molecule has 0 fully saturated rings. The van der Waals surface area contributed by atoms with Crippen molar-refractivity contribution in [2.75, 3.05) is 0 Å². The molecule has 1 aromatic heterocycles. The SMILES string of the molecule is CCCc1nc2ccccc2n1-c1cccc(-c2ccc3cc4c(cc3c2)C2(c3ccccc3-c3ccccc32)c2ccc3ccccc3c2-4)c1. The van der Waals surface area contributed by atoms with Gasteiger partial charge in [0.1, 0.15) is 5.82 Å². The number of nitrogens with zero attached hydrogens (tertiary/aromatic N) is 2. The third kappa shape index (κ3) is 3.85. The summed E-state index contributed by atoms with van der Waals surface area (Å²) in [5, 5.41) is 5.11. The van der Waals surface area contributed by atoms with Crippen molar-refractivity contribution in [3.05, 3.63) is 192 Å². The molecule has 1 heterocycles. The first-order chi connectivity index (χ1) is 25.2. The van der Waals surface area contributed by atoms with Crippen LogP contribution in [0.4, 0.5) is 0 Å². The number of benzene rings is 8. The molecule has 1 spiro atoms. The molecule has 0 saturated carbocycles. The minimum atomic E-state index is -0.385. The number of hydrogen-bond acceptors (Lipinski definition) is 1. The zero-order chi connectivity index (χ0) is 33.7. The van der Waals surface area contributed by atoms with Crippen LogP contribution in [0.5, 0.6) is 0 Å². The van der Waals surface area contributed by atoms with Crippen LogP contribution in [0.1, 0.15) is 41.4 Å². The third-order valence-corrected chi connectivity index (χ3v) is 11.5. The number of fused-ring (bicyclic) bond motifs is 14. The van der Waals surface area contributed by atoms with Crippen molar-refractivity contribution in [3.63, 3.8) is 0 Å². The highest BCUT2D eigenvalue weighted by Crippen LogP contribution is 2.64. The molecule has 0 amide bonds. The van der Waals surface area contributed by atoms with Crippen LogP contribution in [-0.2, 0) is 11.8 Å². The van der Waals surface area contributed by atoms with Gasteiger partial charge in [-0.2, -0.15) is 0 Å². The third-order valence-electron chi connectivity index (χ3n) is 11.5. The molecule has 0 atom stereocenters. The van der Waals surface area contributed by atoms with Gasteiger partial charge >= 0.3 is 0 Å². The Balaban J connectivity index is 1.15. The highest BCUT2D eigenvalue weighted by molar-refractivity contribution is 6.08. The normalized spacial score (nSPS) is 13.5. The molecule has 0 bridgehead atoms. The van der Waals surface area contributed by atoms with Gasteiger partial charge in [-0.15, -0.1) is 0 Å². The molecule has 9 aromatic rings. The summed E-state index contributed by atoms with van der Waals surface area (Å²) < 4.78 is 2.34. The van der Waals surface area contributed by atoms with Crippen LogP contribution < -0.4 is 0 Å². The molecule has 51 heavy (non-hydrogen) atoms. The Morgan fingerprint density at radius 3 is 2.08 bits per heavy atom. The van der Waals surface area contributed by atoms with Crippen molar-refractivity contribution in [3.8, 4) is 39.1 Å². The molecule has 2 aliphatic carbocycles. The van der Waals surface area contributed by atoms with E-state index >= 15 is 0 Å². The lowest BCUT2D eigenvalue weighted by molar-refractivity contribution is 0.795. The van der Waals surface area contributed by atoms with Crippen LogP contribution in [0.15, 0.2) is 164 Å². The van der Waals surface area contributed by atoms with Gasteiger partial charge in [-0.05, 0) is 126 Å². The maximum absolute atomic E-state index is 5.02. The Morgan fingerprint density at radius 1 is 0.510 bits per heavy atom. The Labute approximate surface area is 297 Å². The Hall–Kier alpha value is -6.25. The molecule has 240 valence electrons. The highest BCUT2D eigenvalue weighted by atomic mass is 15.1. The fraction of sp³-hybridized carbons (Fsp3) is 0.0816. The standard InChI is InChI=1S/C49H34N2/c1-2-12-47-50-45-21-9-10-22-46(45)51(47)36-15-11-14-32(28-36)33-23-24-34-29-40-44(30-35(34)27-33)49(43-26-25-31-13-3-4-16-37(31)48(40)43)41-19-7-5-17-38(41)39-18-6-8-20-42(39)49/h3-11,13-30H,2,12H2,1H3. The second-order valence-electron chi connectivity index (χ2n) is 14.2. The first-order valence-corrected chi connectivity index (χ1v) is 18.1. The van der Waals surface area contributed by atoms with Crippen LogP contribution in [0.3, 0.4) is 0 Å². The summed E-state index contributed by atoms with van der Waals surface area (Å²) in [4.78, 5) is 5.02. The van der Waals surface area contributed by atoms with E-state index in [-0.39, 0.29) is 5.41 Å². The summed E-state index contributed by atoms with van der Waals surface area (Å²) in [7, 11) is 0. The number of aromatic nitrogens is 2. The van der Waals surface area contributed by atoms with Gasteiger partial charge in [0, 0.05) is 12.1 Å². The molecule has 2 heteroatoms. The molecule has 8 aromatic carbocycles. The van der Waals surface area contributed by atoms with Crippen LogP contribution in [-0.4, -0.2) is 9.55 Å². The van der Waals surface area contributed by atoms with Crippen molar-refractivity contribution >= 4 is 32.6 Å². The van der Waals surface area contributed by atoms with E-state index in [0.717, 1.165) is 35.4 Å². The fourth-order valence-electron chi connectivity index (χ4n) is 9.41. The first kappa shape index (κ1) is 28.6. The topological polar surface area (TPSA) is 17.8 Å². The van der Waals surface area contributed by atoms with Crippen molar-refractivity contribution in [1.82, 2.24) is 9.55 Å². The van der Waals surface area contributed by atoms with Crippen LogP contribution in [0, 0.1) is 0 Å².